The highest BCUT2D eigenvalue weighted by molar-refractivity contribution is 7.17. The number of carbonyl (C=O) groups is 2. The highest BCUT2D eigenvalue weighted by Crippen LogP contribution is 2.40. The summed E-state index contributed by atoms with van der Waals surface area (Å²) in [5.74, 6) is -0.997. The van der Waals surface area contributed by atoms with E-state index in [1.165, 1.54) is 34.6 Å². The number of thiophene rings is 1. The number of hydrogen-bond acceptors (Lipinski definition) is 4. The highest BCUT2D eigenvalue weighted by Gasteiger charge is 2.33. The number of nitrogens with zero attached hydrogens (tertiary/aromatic N) is 1. The lowest BCUT2D eigenvalue weighted by atomic mass is 10.0. The number of hydrogen-bond donors (Lipinski definition) is 0. The number of carbonyl (C=O) groups excluding carboxylic acids is 2. The fourth-order valence-corrected chi connectivity index (χ4v) is 5.63. The molecule has 1 heterocycles. The zero-order chi connectivity index (χ0) is 25.7. The van der Waals surface area contributed by atoms with E-state index in [4.69, 9.17) is 0 Å². The predicted octanol–water partition coefficient (Wildman–Crippen LogP) is 8.59. The Bertz CT molecular complexity index is 1680. The number of Topliss-reactive ketones (excluding diaryl/α,β-unsaturated/α-hetero) is 2. The molecule has 1 aliphatic rings. The SMILES string of the molecule is Cc1ccc(N(c2ccc(C)cc2)c2ccc(/C=C3\C(=O)c4cc5ccc(F)cc5cc4C3=O)s2)cc1. The molecule has 1 aliphatic carbocycles. The van der Waals surface area contributed by atoms with Gasteiger partial charge < -0.3 is 4.90 Å². The molecule has 5 heteroatoms. The van der Waals surface area contributed by atoms with Gasteiger partial charge in [-0.2, -0.15) is 0 Å². The molecule has 0 amide bonds. The van der Waals surface area contributed by atoms with Crippen molar-refractivity contribution in [1.82, 2.24) is 0 Å². The van der Waals surface area contributed by atoms with Gasteiger partial charge in [-0.3, -0.25) is 9.59 Å². The Hall–Kier alpha value is -4.35. The lowest BCUT2D eigenvalue weighted by Crippen LogP contribution is -2.08. The molecule has 0 unspecified atom stereocenters. The second kappa shape index (κ2) is 8.95. The van der Waals surface area contributed by atoms with E-state index in [-0.39, 0.29) is 23.0 Å². The number of fused-ring (bicyclic) bond motifs is 2. The van der Waals surface area contributed by atoms with Gasteiger partial charge in [-0.25, -0.2) is 4.39 Å². The first-order chi connectivity index (χ1) is 17.9. The molecule has 1 aromatic heterocycles. The van der Waals surface area contributed by atoms with Crippen LogP contribution in [-0.2, 0) is 0 Å². The van der Waals surface area contributed by atoms with Gasteiger partial charge in [0, 0.05) is 27.4 Å². The summed E-state index contributed by atoms with van der Waals surface area (Å²) in [4.78, 5) is 29.4. The van der Waals surface area contributed by atoms with Crippen LogP contribution in [0.5, 0.6) is 0 Å². The van der Waals surface area contributed by atoms with Gasteiger partial charge in [0.15, 0.2) is 11.6 Å². The smallest absolute Gasteiger partial charge is 0.197 e. The third-order valence-electron chi connectivity index (χ3n) is 6.62. The van der Waals surface area contributed by atoms with Crippen molar-refractivity contribution in [3.05, 3.63) is 130 Å². The summed E-state index contributed by atoms with van der Waals surface area (Å²) in [6.07, 6.45) is 1.67. The van der Waals surface area contributed by atoms with E-state index in [1.807, 2.05) is 12.1 Å². The van der Waals surface area contributed by atoms with Crippen molar-refractivity contribution in [2.24, 2.45) is 0 Å². The Morgan fingerprint density at radius 2 is 1.24 bits per heavy atom. The minimum atomic E-state index is -0.377. The van der Waals surface area contributed by atoms with Gasteiger partial charge in [-0.1, -0.05) is 41.5 Å². The summed E-state index contributed by atoms with van der Waals surface area (Å²) < 4.78 is 13.7. The van der Waals surface area contributed by atoms with Gasteiger partial charge in [-0.05, 0) is 91.4 Å². The van der Waals surface area contributed by atoms with Crippen LogP contribution < -0.4 is 4.90 Å². The molecular weight excluding hydrogens is 481 g/mol. The maximum atomic E-state index is 13.7. The molecule has 180 valence electrons. The molecule has 0 bridgehead atoms. The van der Waals surface area contributed by atoms with Gasteiger partial charge in [0.25, 0.3) is 0 Å². The van der Waals surface area contributed by atoms with Crippen molar-refractivity contribution in [3.8, 4) is 0 Å². The van der Waals surface area contributed by atoms with Gasteiger partial charge >= 0.3 is 0 Å². The van der Waals surface area contributed by atoms with Crippen molar-refractivity contribution in [2.75, 3.05) is 4.90 Å². The first-order valence-corrected chi connectivity index (χ1v) is 12.8. The van der Waals surface area contributed by atoms with Crippen LogP contribution in [0, 0.1) is 19.7 Å². The summed E-state index contributed by atoms with van der Waals surface area (Å²) in [5.41, 5.74) is 5.23. The molecule has 0 fully saturated rings. The van der Waals surface area contributed by atoms with Crippen LogP contribution in [0.3, 0.4) is 0 Å². The zero-order valence-electron chi connectivity index (χ0n) is 20.3. The molecule has 0 N–H and O–H groups in total. The van der Waals surface area contributed by atoms with Gasteiger partial charge in [-0.15, -0.1) is 11.3 Å². The standard InChI is InChI=1S/C32H22FNO2S/c1-19-3-9-24(10-4-19)34(25-11-5-20(2)6-12-25)30-14-13-26(37-30)18-29-31(35)27-16-21-7-8-23(33)15-22(21)17-28(27)32(29)36/h3-18H,1-2H3/b29-18+. The summed E-state index contributed by atoms with van der Waals surface area (Å²) in [6.45, 7) is 4.12. The molecule has 0 radical (unpaired) electrons. The summed E-state index contributed by atoms with van der Waals surface area (Å²) in [6, 6.07) is 28.2. The van der Waals surface area contributed by atoms with Crippen LogP contribution >= 0.6 is 11.3 Å². The fraction of sp³-hybridized carbons (Fsp3) is 0.0625. The van der Waals surface area contributed by atoms with Gasteiger partial charge in [0.1, 0.15) is 10.8 Å². The first kappa shape index (κ1) is 23.1. The molecule has 0 aliphatic heterocycles. The fourth-order valence-electron chi connectivity index (χ4n) is 4.64. The lowest BCUT2D eigenvalue weighted by molar-refractivity contribution is 0.0990. The second-order valence-electron chi connectivity index (χ2n) is 9.29. The molecule has 6 rings (SSSR count). The van der Waals surface area contributed by atoms with E-state index in [2.05, 4.69) is 67.3 Å². The van der Waals surface area contributed by atoms with E-state index >= 15 is 0 Å². The Morgan fingerprint density at radius 3 is 1.84 bits per heavy atom. The third kappa shape index (κ3) is 4.17. The molecule has 0 saturated carbocycles. The molecule has 3 nitrogen and oxygen atoms in total. The van der Waals surface area contributed by atoms with Gasteiger partial charge in [0.2, 0.25) is 0 Å². The largest absolute Gasteiger partial charge is 0.302 e. The number of rotatable bonds is 4. The average molecular weight is 504 g/mol. The zero-order valence-corrected chi connectivity index (χ0v) is 21.1. The Balaban J connectivity index is 1.39. The molecule has 4 aromatic carbocycles. The lowest BCUT2D eigenvalue weighted by Gasteiger charge is -2.23. The average Bonchev–Trinajstić information content (AvgIpc) is 3.44. The van der Waals surface area contributed by atoms with Crippen LogP contribution in [0.25, 0.3) is 16.8 Å². The second-order valence-corrected chi connectivity index (χ2v) is 10.4. The monoisotopic (exact) mass is 503 g/mol. The van der Waals surface area contributed by atoms with Crippen LogP contribution in [0.15, 0.2) is 96.6 Å². The maximum absolute atomic E-state index is 13.7. The molecule has 37 heavy (non-hydrogen) atoms. The predicted molar refractivity (Wildman–Crippen MR) is 149 cm³/mol. The molecule has 0 spiro atoms. The van der Waals surface area contributed by atoms with Crippen molar-refractivity contribution in [1.29, 1.82) is 0 Å². The van der Waals surface area contributed by atoms with E-state index in [1.54, 1.807) is 24.3 Å². The van der Waals surface area contributed by atoms with Crippen molar-refractivity contribution < 1.29 is 14.0 Å². The third-order valence-corrected chi connectivity index (χ3v) is 7.64. The van der Waals surface area contributed by atoms with E-state index in [0.29, 0.717) is 16.5 Å². The van der Waals surface area contributed by atoms with Crippen LogP contribution in [0.4, 0.5) is 20.8 Å². The summed E-state index contributed by atoms with van der Waals surface area (Å²) >= 11 is 1.51. The van der Waals surface area contributed by atoms with Crippen LogP contribution in [0.1, 0.15) is 36.7 Å². The van der Waals surface area contributed by atoms with Crippen molar-refractivity contribution in [2.45, 2.75) is 13.8 Å². The Labute approximate surface area is 218 Å². The number of ketones is 2. The molecular formula is C32H22FNO2S. The normalized spacial score (nSPS) is 14.0. The summed E-state index contributed by atoms with van der Waals surface area (Å²) in [7, 11) is 0. The van der Waals surface area contributed by atoms with Crippen LogP contribution in [0.2, 0.25) is 0 Å². The molecule has 0 saturated heterocycles. The number of aryl methyl sites for hydroxylation is 2. The number of benzene rings is 4. The first-order valence-electron chi connectivity index (χ1n) is 11.9. The molecule has 5 aromatic rings. The number of halogens is 1. The minimum Gasteiger partial charge on any atom is -0.302 e. The highest BCUT2D eigenvalue weighted by atomic mass is 32.1. The van der Waals surface area contributed by atoms with Crippen LogP contribution in [-0.4, -0.2) is 11.6 Å². The van der Waals surface area contributed by atoms with E-state index < -0.39 is 0 Å². The van der Waals surface area contributed by atoms with E-state index in [0.717, 1.165) is 26.6 Å². The maximum Gasteiger partial charge on any atom is 0.197 e. The quantitative estimate of drug-likeness (QED) is 0.182. The van der Waals surface area contributed by atoms with E-state index in [9.17, 15) is 14.0 Å². The Morgan fingerprint density at radius 1 is 0.676 bits per heavy atom. The Kier molecular flexibility index (Phi) is 5.58. The number of anilines is 3. The van der Waals surface area contributed by atoms with Gasteiger partial charge in [0.05, 0.1) is 5.57 Å². The summed E-state index contributed by atoms with van der Waals surface area (Å²) in [5, 5.41) is 2.30. The number of allylic oxidation sites excluding steroid dienone is 1. The van der Waals surface area contributed by atoms with Crippen molar-refractivity contribution >= 4 is 56.1 Å². The minimum absolute atomic E-state index is 0.136. The molecule has 0 atom stereocenters. The van der Waals surface area contributed by atoms with Crippen molar-refractivity contribution in [3.63, 3.8) is 0 Å². The topological polar surface area (TPSA) is 37.4 Å².